The molecule has 0 spiro atoms. The van der Waals surface area contributed by atoms with Crippen LogP contribution in [0.25, 0.3) is 0 Å². The third-order valence-corrected chi connectivity index (χ3v) is 3.54. The first-order chi connectivity index (χ1) is 7.93. The summed E-state index contributed by atoms with van der Waals surface area (Å²) in [6.45, 7) is 2.16. The molecule has 3 N–H and O–H groups in total. The number of sulfone groups is 1. The van der Waals surface area contributed by atoms with Crippen LogP contribution in [-0.4, -0.2) is 26.6 Å². The van der Waals surface area contributed by atoms with E-state index in [9.17, 15) is 13.2 Å². The zero-order valence-corrected chi connectivity index (χ0v) is 10.5. The van der Waals surface area contributed by atoms with Gasteiger partial charge in [-0.15, -0.1) is 0 Å². The van der Waals surface area contributed by atoms with Crippen molar-refractivity contribution >= 4 is 21.4 Å². The molecule has 17 heavy (non-hydrogen) atoms. The molecule has 0 bridgehead atoms. The number of carbonyl (C=O) groups is 1. The monoisotopic (exact) mass is 256 g/mol. The molecule has 1 amide bonds. The lowest BCUT2D eigenvalue weighted by molar-refractivity contribution is -0.118. The van der Waals surface area contributed by atoms with Gasteiger partial charge < -0.3 is 11.1 Å². The third-order valence-electron chi connectivity index (χ3n) is 2.06. The summed E-state index contributed by atoms with van der Waals surface area (Å²) in [6.07, 6.45) is 0. The van der Waals surface area contributed by atoms with Crippen molar-refractivity contribution < 1.29 is 13.2 Å². The molecule has 0 unspecified atom stereocenters. The maximum Gasteiger partial charge on any atom is 0.235 e. The summed E-state index contributed by atoms with van der Waals surface area (Å²) in [5.41, 5.74) is 6.65. The van der Waals surface area contributed by atoms with Gasteiger partial charge in [0.1, 0.15) is 5.75 Å². The SMILES string of the molecule is CCNC(=O)CS(=O)(=O)Cc1cccc(N)c1. The second kappa shape index (κ2) is 5.67. The van der Waals surface area contributed by atoms with Crippen molar-refractivity contribution in [2.75, 3.05) is 18.0 Å². The van der Waals surface area contributed by atoms with Crippen LogP contribution in [0.5, 0.6) is 0 Å². The molecule has 5 nitrogen and oxygen atoms in total. The lowest BCUT2D eigenvalue weighted by Gasteiger charge is -2.05. The Morgan fingerprint density at radius 2 is 2.12 bits per heavy atom. The summed E-state index contributed by atoms with van der Waals surface area (Å²) in [4.78, 5) is 11.2. The van der Waals surface area contributed by atoms with Crippen LogP contribution in [-0.2, 0) is 20.4 Å². The molecule has 1 rings (SSSR count). The van der Waals surface area contributed by atoms with Gasteiger partial charge in [0.15, 0.2) is 9.84 Å². The highest BCUT2D eigenvalue weighted by molar-refractivity contribution is 7.91. The minimum atomic E-state index is -3.44. The summed E-state index contributed by atoms with van der Waals surface area (Å²) in [7, 11) is -3.44. The van der Waals surface area contributed by atoms with E-state index in [0.717, 1.165) is 0 Å². The van der Waals surface area contributed by atoms with Gasteiger partial charge in [0.25, 0.3) is 0 Å². The fraction of sp³-hybridized carbons (Fsp3) is 0.364. The standard InChI is InChI=1S/C11H16N2O3S/c1-2-13-11(14)8-17(15,16)7-9-4-3-5-10(12)6-9/h3-6H,2,7-8,12H2,1H3,(H,13,14). The van der Waals surface area contributed by atoms with Gasteiger partial charge in [0.2, 0.25) is 5.91 Å². The molecule has 0 aliphatic rings. The number of hydrogen-bond donors (Lipinski definition) is 2. The van der Waals surface area contributed by atoms with Gasteiger partial charge >= 0.3 is 0 Å². The van der Waals surface area contributed by atoms with E-state index in [1.807, 2.05) is 0 Å². The number of rotatable bonds is 5. The molecule has 0 saturated heterocycles. The maximum atomic E-state index is 11.7. The van der Waals surface area contributed by atoms with E-state index in [1.54, 1.807) is 31.2 Å². The highest BCUT2D eigenvalue weighted by Crippen LogP contribution is 2.10. The Bertz CT molecular complexity index is 497. The molecule has 0 atom stereocenters. The predicted molar refractivity (Wildman–Crippen MR) is 67.0 cm³/mol. The Labute approximate surface area is 101 Å². The summed E-state index contributed by atoms with van der Waals surface area (Å²) in [5, 5.41) is 2.46. The number of amides is 1. The number of nitrogens with two attached hydrogens (primary N) is 1. The maximum absolute atomic E-state index is 11.7. The number of nitrogen functional groups attached to an aromatic ring is 1. The van der Waals surface area contributed by atoms with Crippen LogP contribution in [0.4, 0.5) is 5.69 Å². The van der Waals surface area contributed by atoms with Gasteiger partial charge in [-0.1, -0.05) is 12.1 Å². The zero-order chi connectivity index (χ0) is 12.9. The Hall–Kier alpha value is -1.56. The molecule has 0 aromatic heterocycles. The van der Waals surface area contributed by atoms with Crippen molar-refractivity contribution in [2.24, 2.45) is 0 Å². The predicted octanol–water partition coefficient (Wildman–Crippen LogP) is 0.320. The second-order valence-electron chi connectivity index (χ2n) is 3.73. The van der Waals surface area contributed by atoms with Gasteiger partial charge in [-0.25, -0.2) is 8.42 Å². The van der Waals surface area contributed by atoms with Crippen molar-refractivity contribution in [1.29, 1.82) is 0 Å². The second-order valence-corrected chi connectivity index (χ2v) is 5.80. The minimum Gasteiger partial charge on any atom is -0.399 e. The quantitative estimate of drug-likeness (QED) is 0.742. The molecule has 0 aliphatic heterocycles. The minimum absolute atomic E-state index is 0.171. The van der Waals surface area contributed by atoms with E-state index < -0.39 is 21.5 Å². The van der Waals surface area contributed by atoms with Crippen molar-refractivity contribution in [2.45, 2.75) is 12.7 Å². The lowest BCUT2D eigenvalue weighted by atomic mass is 10.2. The molecule has 1 aromatic carbocycles. The lowest BCUT2D eigenvalue weighted by Crippen LogP contribution is -2.30. The van der Waals surface area contributed by atoms with Gasteiger partial charge in [0, 0.05) is 12.2 Å². The first-order valence-corrected chi connectivity index (χ1v) is 7.06. The Morgan fingerprint density at radius 3 is 2.71 bits per heavy atom. The Balaban J connectivity index is 2.70. The van der Waals surface area contributed by atoms with Crippen LogP contribution in [0.2, 0.25) is 0 Å². The summed E-state index contributed by atoms with van der Waals surface area (Å²) in [5.74, 6) is -1.14. The fourth-order valence-corrected chi connectivity index (χ4v) is 2.73. The molecular weight excluding hydrogens is 240 g/mol. The average Bonchev–Trinajstić information content (AvgIpc) is 2.15. The van der Waals surface area contributed by atoms with Crippen LogP contribution in [0.1, 0.15) is 12.5 Å². The highest BCUT2D eigenvalue weighted by atomic mass is 32.2. The van der Waals surface area contributed by atoms with E-state index in [1.165, 1.54) is 0 Å². The summed E-state index contributed by atoms with van der Waals surface area (Å²) < 4.78 is 23.4. The number of carbonyl (C=O) groups excluding carboxylic acids is 1. The number of nitrogens with one attached hydrogen (secondary N) is 1. The van der Waals surface area contributed by atoms with E-state index in [-0.39, 0.29) is 5.75 Å². The van der Waals surface area contributed by atoms with Crippen LogP contribution in [0.3, 0.4) is 0 Å². The molecule has 6 heteroatoms. The van der Waals surface area contributed by atoms with Crippen molar-refractivity contribution in [3.05, 3.63) is 29.8 Å². The summed E-state index contributed by atoms with van der Waals surface area (Å²) >= 11 is 0. The fourth-order valence-electron chi connectivity index (χ4n) is 1.44. The van der Waals surface area contributed by atoms with Crippen LogP contribution < -0.4 is 11.1 Å². The van der Waals surface area contributed by atoms with E-state index in [4.69, 9.17) is 5.73 Å². The van der Waals surface area contributed by atoms with Gasteiger partial charge in [0.05, 0.1) is 5.75 Å². The molecule has 0 heterocycles. The van der Waals surface area contributed by atoms with Crippen LogP contribution >= 0.6 is 0 Å². The molecular formula is C11H16N2O3S. The van der Waals surface area contributed by atoms with Crippen molar-refractivity contribution in [3.63, 3.8) is 0 Å². The molecule has 0 saturated carbocycles. The average molecular weight is 256 g/mol. The van der Waals surface area contributed by atoms with Crippen LogP contribution in [0.15, 0.2) is 24.3 Å². The molecule has 1 aromatic rings. The molecule has 94 valence electrons. The van der Waals surface area contributed by atoms with E-state index in [0.29, 0.717) is 17.8 Å². The molecule has 0 aliphatic carbocycles. The molecule has 0 fully saturated rings. The van der Waals surface area contributed by atoms with Crippen LogP contribution in [0, 0.1) is 0 Å². The first kappa shape index (κ1) is 13.5. The van der Waals surface area contributed by atoms with E-state index >= 15 is 0 Å². The Morgan fingerprint density at radius 1 is 1.41 bits per heavy atom. The first-order valence-electron chi connectivity index (χ1n) is 5.24. The van der Waals surface area contributed by atoms with Gasteiger partial charge in [-0.2, -0.15) is 0 Å². The van der Waals surface area contributed by atoms with Gasteiger partial charge in [-0.3, -0.25) is 4.79 Å². The largest absolute Gasteiger partial charge is 0.399 e. The zero-order valence-electron chi connectivity index (χ0n) is 9.64. The number of benzene rings is 1. The smallest absolute Gasteiger partial charge is 0.235 e. The Kier molecular flexibility index (Phi) is 4.51. The highest BCUT2D eigenvalue weighted by Gasteiger charge is 2.16. The molecule has 0 radical (unpaired) electrons. The number of hydrogen-bond acceptors (Lipinski definition) is 4. The number of anilines is 1. The van der Waals surface area contributed by atoms with Crippen molar-refractivity contribution in [3.8, 4) is 0 Å². The summed E-state index contributed by atoms with van der Waals surface area (Å²) in [6, 6.07) is 6.63. The van der Waals surface area contributed by atoms with E-state index in [2.05, 4.69) is 5.32 Å². The third kappa shape index (κ3) is 4.86. The van der Waals surface area contributed by atoms with Crippen molar-refractivity contribution in [1.82, 2.24) is 5.32 Å². The normalized spacial score (nSPS) is 11.1. The topological polar surface area (TPSA) is 89.3 Å². The van der Waals surface area contributed by atoms with Gasteiger partial charge in [-0.05, 0) is 24.6 Å².